The summed E-state index contributed by atoms with van der Waals surface area (Å²) in [6, 6.07) is 1.84. The number of amides is 2. The second-order valence-corrected chi connectivity index (χ2v) is 11.8. The van der Waals surface area contributed by atoms with Gasteiger partial charge in [0.15, 0.2) is 11.6 Å². The molecule has 2 saturated carbocycles. The Hall–Kier alpha value is -2.92. The van der Waals surface area contributed by atoms with Crippen LogP contribution in [-0.2, 0) is 14.3 Å². The molecule has 0 unspecified atom stereocenters. The largest absolute Gasteiger partial charge is 0.496 e. The molecule has 0 heterocycles. The van der Waals surface area contributed by atoms with Crippen LogP contribution in [0.3, 0.4) is 0 Å². The highest BCUT2D eigenvalue weighted by atomic mass is 19.1. The first-order valence-corrected chi connectivity index (χ1v) is 13.3. The number of hydrogen-bond donors (Lipinski definition) is 4. The quantitative estimate of drug-likeness (QED) is 0.347. The summed E-state index contributed by atoms with van der Waals surface area (Å²) in [4.78, 5) is 37.9. The van der Waals surface area contributed by atoms with Gasteiger partial charge < -0.3 is 35.1 Å². The second kappa shape index (κ2) is 12.5. The molecule has 3 atom stereocenters. The molecule has 0 aromatic heterocycles. The van der Waals surface area contributed by atoms with E-state index in [1.165, 1.54) is 13.2 Å². The number of aliphatic carboxylic acids is 1. The van der Waals surface area contributed by atoms with Crippen molar-refractivity contribution in [1.82, 2.24) is 10.6 Å². The number of aliphatic hydroxyl groups excluding tert-OH is 1. The maximum absolute atomic E-state index is 14.9. The van der Waals surface area contributed by atoms with Gasteiger partial charge in [0.25, 0.3) is 5.91 Å². The van der Waals surface area contributed by atoms with Crippen molar-refractivity contribution >= 4 is 17.8 Å². The third-order valence-electron chi connectivity index (χ3n) is 7.74. The van der Waals surface area contributed by atoms with E-state index in [0.29, 0.717) is 32.2 Å². The van der Waals surface area contributed by atoms with Gasteiger partial charge in [0, 0.05) is 25.8 Å². The Morgan fingerprint density at radius 3 is 2.28 bits per heavy atom. The smallest absolute Gasteiger partial charge is 0.311 e. The zero-order valence-electron chi connectivity index (χ0n) is 23.3. The SMILES string of the molecule is COc1cc(F)c(OC2CCC(CO)(C(=O)O)CC2)cc1C(=O)N[C@H]1C[C@H](OC)C[C@H]1C(=O)NCC(C)(C)C. The normalized spacial score (nSPS) is 27.1. The summed E-state index contributed by atoms with van der Waals surface area (Å²) >= 11 is 0. The van der Waals surface area contributed by atoms with Crippen LogP contribution in [-0.4, -0.2) is 73.6 Å². The lowest BCUT2D eigenvalue weighted by atomic mass is 9.74. The van der Waals surface area contributed by atoms with Crippen LogP contribution >= 0.6 is 0 Å². The van der Waals surface area contributed by atoms with Gasteiger partial charge in [0.1, 0.15) is 5.75 Å². The zero-order valence-corrected chi connectivity index (χ0v) is 23.3. The fourth-order valence-corrected chi connectivity index (χ4v) is 5.22. The first-order chi connectivity index (χ1) is 18.3. The van der Waals surface area contributed by atoms with Crippen LogP contribution in [0.5, 0.6) is 11.5 Å². The van der Waals surface area contributed by atoms with Crippen LogP contribution in [0.1, 0.15) is 69.7 Å². The molecular formula is C28H41FN2O8. The molecule has 2 amide bonds. The monoisotopic (exact) mass is 552 g/mol. The number of nitrogens with one attached hydrogen (secondary N) is 2. The van der Waals surface area contributed by atoms with E-state index >= 15 is 0 Å². The molecule has 0 radical (unpaired) electrons. The number of hydrogen-bond acceptors (Lipinski definition) is 7. The van der Waals surface area contributed by atoms with Crippen molar-refractivity contribution < 1.29 is 43.2 Å². The average molecular weight is 553 g/mol. The van der Waals surface area contributed by atoms with Crippen molar-refractivity contribution in [3.63, 3.8) is 0 Å². The second-order valence-electron chi connectivity index (χ2n) is 11.8. The molecule has 0 saturated heterocycles. The van der Waals surface area contributed by atoms with Crippen LogP contribution in [0.2, 0.25) is 0 Å². The third-order valence-corrected chi connectivity index (χ3v) is 7.74. The fourth-order valence-electron chi connectivity index (χ4n) is 5.22. The molecule has 39 heavy (non-hydrogen) atoms. The minimum atomic E-state index is -1.22. The molecule has 3 rings (SSSR count). The van der Waals surface area contributed by atoms with Crippen LogP contribution in [0, 0.1) is 22.6 Å². The number of aliphatic hydroxyl groups is 1. The summed E-state index contributed by atoms with van der Waals surface area (Å²) in [5.74, 6) is -3.12. The number of halogens is 1. The van der Waals surface area contributed by atoms with E-state index in [-0.39, 0.29) is 47.3 Å². The molecule has 0 spiro atoms. The molecular weight excluding hydrogens is 511 g/mol. The standard InChI is InChI=1S/C28H41FN2O8/c1-27(2,3)14-30-24(33)18-10-17(37-4)11-21(18)31-25(34)19-12-23(20(29)13-22(19)38-5)39-16-6-8-28(15-32,9-7-16)26(35)36/h12-13,16-18,21,32H,6-11,14-15H2,1-5H3,(H,30,33)(H,31,34)(H,35,36)/t16?,17-,18-,21+,28?/m1/s1. The summed E-state index contributed by atoms with van der Waals surface area (Å²) in [6.07, 6.45) is 1.23. The molecule has 2 fully saturated rings. The van der Waals surface area contributed by atoms with Crippen molar-refractivity contribution in [2.24, 2.45) is 16.7 Å². The fraction of sp³-hybridized carbons (Fsp3) is 0.679. The number of ether oxygens (including phenoxy) is 3. The Labute approximate surface area is 228 Å². The van der Waals surface area contributed by atoms with E-state index in [4.69, 9.17) is 14.2 Å². The van der Waals surface area contributed by atoms with Crippen LogP contribution in [0.4, 0.5) is 4.39 Å². The lowest BCUT2D eigenvalue weighted by Gasteiger charge is -2.35. The summed E-state index contributed by atoms with van der Waals surface area (Å²) < 4.78 is 31.5. The number of carboxylic acid groups (broad SMARTS) is 1. The van der Waals surface area contributed by atoms with Crippen LogP contribution in [0.15, 0.2) is 12.1 Å². The van der Waals surface area contributed by atoms with Gasteiger partial charge in [-0.1, -0.05) is 20.8 Å². The van der Waals surface area contributed by atoms with Gasteiger partial charge in [-0.05, 0) is 50.0 Å². The highest BCUT2D eigenvalue weighted by Crippen LogP contribution is 2.39. The third kappa shape index (κ3) is 7.39. The predicted molar refractivity (Wildman–Crippen MR) is 140 cm³/mol. The number of benzene rings is 1. The first kappa shape index (κ1) is 30.6. The van der Waals surface area contributed by atoms with E-state index in [2.05, 4.69) is 10.6 Å². The highest BCUT2D eigenvalue weighted by Gasteiger charge is 2.43. The molecule has 0 bridgehead atoms. The molecule has 2 aliphatic carbocycles. The topological polar surface area (TPSA) is 143 Å². The molecule has 2 aliphatic rings. The summed E-state index contributed by atoms with van der Waals surface area (Å²) in [5.41, 5.74) is -1.27. The van der Waals surface area contributed by atoms with Crippen molar-refractivity contribution in [1.29, 1.82) is 0 Å². The Balaban J connectivity index is 1.75. The van der Waals surface area contributed by atoms with Gasteiger partial charge in [-0.25, -0.2) is 4.39 Å². The predicted octanol–water partition coefficient (Wildman–Crippen LogP) is 2.90. The first-order valence-electron chi connectivity index (χ1n) is 13.3. The Bertz CT molecular complexity index is 1050. The van der Waals surface area contributed by atoms with E-state index < -0.39 is 47.8 Å². The van der Waals surface area contributed by atoms with Gasteiger partial charge in [-0.2, -0.15) is 0 Å². The Morgan fingerprint density at radius 2 is 1.74 bits per heavy atom. The van der Waals surface area contributed by atoms with Crippen molar-refractivity contribution in [3.8, 4) is 11.5 Å². The average Bonchev–Trinajstić information content (AvgIpc) is 3.30. The Morgan fingerprint density at radius 1 is 1.08 bits per heavy atom. The van der Waals surface area contributed by atoms with Crippen molar-refractivity contribution in [3.05, 3.63) is 23.5 Å². The highest BCUT2D eigenvalue weighted by molar-refractivity contribution is 5.98. The van der Waals surface area contributed by atoms with Gasteiger partial charge in [-0.3, -0.25) is 14.4 Å². The van der Waals surface area contributed by atoms with Gasteiger partial charge in [-0.15, -0.1) is 0 Å². The van der Waals surface area contributed by atoms with E-state index in [0.717, 1.165) is 6.07 Å². The lowest BCUT2D eigenvalue weighted by molar-refractivity contribution is -0.155. The molecule has 1 aromatic rings. The molecule has 10 nitrogen and oxygen atoms in total. The maximum atomic E-state index is 14.9. The number of methoxy groups -OCH3 is 2. The van der Waals surface area contributed by atoms with Crippen molar-refractivity contribution in [2.45, 2.75) is 77.5 Å². The molecule has 11 heteroatoms. The Kier molecular flexibility index (Phi) is 9.82. The number of carbonyl (C=O) groups excluding carboxylic acids is 2. The summed E-state index contributed by atoms with van der Waals surface area (Å²) in [5, 5.41) is 24.9. The molecule has 1 aromatic carbocycles. The minimum absolute atomic E-state index is 0.0150. The molecule has 0 aliphatic heterocycles. The van der Waals surface area contributed by atoms with Gasteiger partial charge >= 0.3 is 5.97 Å². The maximum Gasteiger partial charge on any atom is 0.311 e. The molecule has 4 N–H and O–H groups in total. The molecule has 218 valence electrons. The van der Waals surface area contributed by atoms with Crippen LogP contribution < -0.4 is 20.1 Å². The van der Waals surface area contributed by atoms with Crippen LogP contribution in [0.25, 0.3) is 0 Å². The van der Waals surface area contributed by atoms with E-state index in [1.807, 2.05) is 20.8 Å². The summed E-state index contributed by atoms with van der Waals surface area (Å²) in [7, 11) is 2.89. The lowest BCUT2D eigenvalue weighted by Crippen LogP contribution is -2.45. The van der Waals surface area contributed by atoms with E-state index in [1.54, 1.807) is 7.11 Å². The summed E-state index contributed by atoms with van der Waals surface area (Å²) in [6.45, 7) is 6.06. The number of carbonyl (C=O) groups is 3. The van der Waals surface area contributed by atoms with Gasteiger partial charge in [0.2, 0.25) is 5.91 Å². The number of carboxylic acids is 1. The van der Waals surface area contributed by atoms with Crippen molar-refractivity contribution in [2.75, 3.05) is 27.4 Å². The van der Waals surface area contributed by atoms with Gasteiger partial charge in [0.05, 0.1) is 42.8 Å². The number of rotatable bonds is 10. The van der Waals surface area contributed by atoms with E-state index in [9.17, 15) is 29.0 Å². The minimum Gasteiger partial charge on any atom is -0.496 e. The zero-order chi connectivity index (χ0) is 29.0.